The summed E-state index contributed by atoms with van der Waals surface area (Å²) in [4.78, 5) is 16.7. The van der Waals surface area contributed by atoms with Crippen LogP contribution in [0.1, 0.15) is 24.2 Å². The summed E-state index contributed by atoms with van der Waals surface area (Å²) in [5.41, 5.74) is 0.917. The molecule has 0 radical (unpaired) electrons. The van der Waals surface area contributed by atoms with Gasteiger partial charge in [-0.15, -0.1) is 0 Å². The smallest absolute Gasteiger partial charge is 0.312 e. The first-order valence-electron chi connectivity index (χ1n) is 8.64. The highest BCUT2D eigenvalue weighted by Crippen LogP contribution is 2.44. The Hall–Kier alpha value is -1.51. The van der Waals surface area contributed by atoms with Crippen LogP contribution in [-0.2, 0) is 16.1 Å². The molecule has 3 aliphatic rings. The quantitative estimate of drug-likeness (QED) is 0.843. The van der Waals surface area contributed by atoms with Gasteiger partial charge in [0.1, 0.15) is 11.4 Å². The van der Waals surface area contributed by atoms with Crippen molar-refractivity contribution in [3.8, 4) is 0 Å². The third-order valence-electron chi connectivity index (χ3n) is 5.96. The Bertz CT molecular complexity index is 615. The lowest BCUT2D eigenvalue weighted by Gasteiger charge is -2.33. The molecule has 0 saturated carbocycles. The molecule has 4 heterocycles. The Kier molecular flexibility index (Phi) is 4.06. The fourth-order valence-corrected chi connectivity index (χ4v) is 4.56. The van der Waals surface area contributed by atoms with Gasteiger partial charge in [-0.05, 0) is 19.8 Å². The summed E-state index contributed by atoms with van der Waals surface area (Å²) in [6.45, 7) is 6.92. The second kappa shape index (κ2) is 6.09. The van der Waals surface area contributed by atoms with Crippen molar-refractivity contribution in [2.24, 2.45) is 11.3 Å². The van der Waals surface area contributed by atoms with Crippen LogP contribution in [-0.4, -0.2) is 76.6 Å². The predicted octanol–water partition coefficient (Wildman–Crippen LogP) is 0.375. The van der Waals surface area contributed by atoms with Crippen molar-refractivity contribution in [1.29, 1.82) is 0 Å². The van der Waals surface area contributed by atoms with Crippen molar-refractivity contribution in [3.05, 3.63) is 11.4 Å². The van der Waals surface area contributed by atoms with Crippen molar-refractivity contribution >= 4 is 5.97 Å². The normalized spacial score (nSPS) is 32.3. The van der Waals surface area contributed by atoms with Crippen molar-refractivity contribution in [2.45, 2.75) is 32.4 Å². The molecular weight excluding hydrogens is 312 g/mol. The summed E-state index contributed by atoms with van der Waals surface area (Å²) in [5, 5.41) is 17.7. The topological polar surface area (TPSA) is 91.9 Å². The molecule has 0 spiro atoms. The van der Waals surface area contributed by atoms with E-state index in [4.69, 9.17) is 9.37 Å². The summed E-state index contributed by atoms with van der Waals surface area (Å²) in [5.74, 6) is -0.502. The van der Waals surface area contributed by atoms with Gasteiger partial charge < -0.3 is 9.84 Å². The summed E-state index contributed by atoms with van der Waals surface area (Å²) in [6, 6.07) is 0.469. The average Bonchev–Trinajstić information content (AvgIpc) is 3.22. The first-order valence-corrected chi connectivity index (χ1v) is 8.64. The number of likely N-dealkylation sites (tertiary alicyclic amines) is 2. The van der Waals surface area contributed by atoms with Gasteiger partial charge in [0, 0.05) is 57.9 Å². The molecule has 4 rings (SSSR count). The Morgan fingerprint density at radius 3 is 2.71 bits per heavy atom. The molecule has 2 atom stereocenters. The van der Waals surface area contributed by atoms with E-state index in [-0.39, 0.29) is 5.92 Å². The summed E-state index contributed by atoms with van der Waals surface area (Å²) in [6.07, 6.45) is 2.02. The molecule has 3 saturated heterocycles. The minimum atomic E-state index is -0.667. The maximum atomic E-state index is 12.1. The Balaban J connectivity index is 1.47. The largest absolute Gasteiger partial charge is 0.481 e. The SMILES string of the molecule is Cc1nonc1CN1C[C@H]2CN(C3CCOCC3)C[C@@]2(C(=O)O)C1. The standard InChI is InChI=1S/C16H24N4O4/c1-11-14(18-24-17-11)8-19-6-12-7-20(13-2-4-23-5-3-13)10-16(12,9-19)15(21)22/h12-13H,2-10H2,1H3,(H,21,22)/t12-,16-/m0/s1. The number of ether oxygens (including phenoxy) is 1. The van der Waals surface area contributed by atoms with E-state index in [0.29, 0.717) is 25.7 Å². The van der Waals surface area contributed by atoms with Crippen LogP contribution in [0.5, 0.6) is 0 Å². The molecule has 24 heavy (non-hydrogen) atoms. The molecule has 132 valence electrons. The zero-order valence-electron chi connectivity index (χ0n) is 14.0. The Labute approximate surface area is 140 Å². The molecule has 8 heteroatoms. The number of aryl methyl sites for hydroxylation is 1. The monoisotopic (exact) mass is 336 g/mol. The third-order valence-corrected chi connectivity index (χ3v) is 5.96. The third kappa shape index (κ3) is 2.62. The number of rotatable bonds is 4. The molecule has 3 fully saturated rings. The lowest BCUT2D eigenvalue weighted by atomic mass is 9.81. The van der Waals surface area contributed by atoms with Crippen LogP contribution >= 0.6 is 0 Å². The maximum Gasteiger partial charge on any atom is 0.312 e. The van der Waals surface area contributed by atoms with Gasteiger partial charge >= 0.3 is 5.97 Å². The number of nitrogens with zero attached hydrogens (tertiary/aromatic N) is 4. The highest BCUT2D eigenvalue weighted by atomic mass is 16.6. The number of carboxylic acid groups (broad SMARTS) is 1. The van der Waals surface area contributed by atoms with Crippen molar-refractivity contribution in [2.75, 3.05) is 39.4 Å². The van der Waals surface area contributed by atoms with Crippen LogP contribution in [0.2, 0.25) is 0 Å². The molecule has 1 aromatic rings. The van der Waals surface area contributed by atoms with E-state index < -0.39 is 11.4 Å². The fraction of sp³-hybridized carbons (Fsp3) is 0.812. The number of aliphatic carboxylic acids is 1. The number of hydrogen-bond donors (Lipinski definition) is 1. The van der Waals surface area contributed by atoms with Gasteiger partial charge in [0.05, 0.1) is 5.41 Å². The van der Waals surface area contributed by atoms with E-state index in [1.807, 2.05) is 6.92 Å². The van der Waals surface area contributed by atoms with Gasteiger partial charge in [-0.3, -0.25) is 14.6 Å². The predicted molar refractivity (Wildman–Crippen MR) is 83.3 cm³/mol. The van der Waals surface area contributed by atoms with Crippen LogP contribution in [0.25, 0.3) is 0 Å². The maximum absolute atomic E-state index is 12.1. The average molecular weight is 336 g/mol. The van der Waals surface area contributed by atoms with E-state index in [0.717, 1.165) is 50.5 Å². The van der Waals surface area contributed by atoms with E-state index in [9.17, 15) is 9.90 Å². The van der Waals surface area contributed by atoms with Crippen LogP contribution in [0.15, 0.2) is 4.63 Å². The highest BCUT2D eigenvalue weighted by molar-refractivity contribution is 5.77. The van der Waals surface area contributed by atoms with Gasteiger partial charge in [0.25, 0.3) is 0 Å². The highest BCUT2D eigenvalue weighted by Gasteiger charge is 2.58. The summed E-state index contributed by atoms with van der Waals surface area (Å²) < 4.78 is 10.2. The van der Waals surface area contributed by atoms with Crippen LogP contribution < -0.4 is 0 Å². The second-order valence-corrected chi connectivity index (χ2v) is 7.40. The molecule has 0 unspecified atom stereocenters. The van der Waals surface area contributed by atoms with Crippen LogP contribution in [0, 0.1) is 18.3 Å². The molecule has 8 nitrogen and oxygen atoms in total. The van der Waals surface area contributed by atoms with E-state index in [2.05, 4.69) is 20.1 Å². The van der Waals surface area contributed by atoms with Crippen molar-refractivity contribution in [1.82, 2.24) is 20.1 Å². The first-order chi connectivity index (χ1) is 11.6. The van der Waals surface area contributed by atoms with Gasteiger partial charge in [0.2, 0.25) is 0 Å². The van der Waals surface area contributed by atoms with Gasteiger partial charge in [0.15, 0.2) is 0 Å². The van der Waals surface area contributed by atoms with Gasteiger partial charge in [-0.2, -0.15) is 0 Å². The molecule has 0 aromatic carbocycles. The van der Waals surface area contributed by atoms with Crippen LogP contribution in [0.4, 0.5) is 0 Å². The Morgan fingerprint density at radius 2 is 2.08 bits per heavy atom. The second-order valence-electron chi connectivity index (χ2n) is 7.40. The first kappa shape index (κ1) is 16.0. The molecule has 1 N–H and O–H groups in total. The molecule has 1 aromatic heterocycles. The molecule has 0 aliphatic carbocycles. The van der Waals surface area contributed by atoms with E-state index in [1.165, 1.54) is 0 Å². The van der Waals surface area contributed by atoms with E-state index >= 15 is 0 Å². The number of carbonyl (C=O) groups is 1. The van der Waals surface area contributed by atoms with E-state index in [1.54, 1.807) is 0 Å². The van der Waals surface area contributed by atoms with Crippen molar-refractivity contribution in [3.63, 3.8) is 0 Å². The zero-order valence-corrected chi connectivity index (χ0v) is 14.0. The molecular formula is C16H24N4O4. The number of aromatic nitrogens is 2. The zero-order chi connectivity index (χ0) is 16.7. The Morgan fingerprint density at radius 1 is 1.29 bits per heavy atom. The molecule has 0 bridgehead atoms. The van der Waals surface area contributed by atoms with Gasteiger partial charge in [-0.1, -0.05) is 10.3 Å². The number of carboxylic acids is 1. The lowest BCUT2D eigenvalue weighted by molar-refractivity contribution is -0.149. The summed E-state index contributed by atoms with van der Waals surface area (Å²) in [7, 11) is 0. The van der Waals surface area contributed by atoms with Crippen molar-refractivity contribution < 1.29 is 19.3 Å². The minimum absolute atomic E-state index is 0.165. The fourth-order valence-electron chi connectivity index (χ4n) is 4.56. The molecule has 3 aliphatic heterocycles. The minimum Gasteiger partial charge on any atom is -0.481 e. The molecule has 0 amide bonds. The van der Waals surface area contributed by atoms with Crippen LogP contribution in [0.3, 0.4) is 0 Å². The summed E-state index contributed by atoms with van der Waals surface area (Å²) >= 11 is 0. The number of hydrogen-bond acceptors (Lipinski definition) is 7. The number of fused-ring (bicyclic) bond motifs is 1. The lowest BCUT2D eigenvalue weighted by Crippen LogP contribution is -2.44. The van der Waals surface area contributed by atoms with Gasteiger partial charge in [-0.25, -0.2) is 4.63 Å².